The second kappa shape index (κ2) is 22.0. The summed E-state index contributed by atoms with van der Waals surface area (Å²) < 4.78 is 17.2. The fourth-order valence-corrected chi connectivity index (χ4v) is 8.51. The molecule has 294 valence electrons. The van der Waals surface area contributed by atoms with Crippen molar-refractivity contribution in [3.05, 3.63) is 113 Å². The number of aromatic nitrogens is 1. The van der Waals surface area contributed by atoms with Gasteiger partial charge in [-0.2, -0.15) is 0 Å². The van der Waals surface area contributed by atoms with E-state index >= 15 is 0 Å². The fourth-order valence-electron chi connectivity index (χ4n) is 6.10. The predicted octanol–water partition coefficient (Wildman–Crippen LogP) is 11.6. The fraction of sp³-hybridized carbons (Fsp3) is 0.348. The summed E-state index contributed by atoms with van der Waals surface area (Å²) in [6.45, 7) is 8.77. The molecule has 2 aliphatic rings. The Hall–Kier alpha value is -4.93. The van der Waals surface area contributed by atoms with Crippen LogP contribution in [0.25, 0.3) is 21.3 Å². The normalized spacial score (nSPS) is 14.1. The molecule has 1 unspecified atom stereocenters. The molecule has 5 aromatic rings. The maximum absolute atomic E-state index is 10.8. The first-order valence-electron chi connectivity index (χ1n) is 19.4. The van der Waals surface area contributed by atoms with Gasteiger partial charge in [0, 0.05) is 33.7 Å². The molecule has 1 fully saturated rings. The van der Waals surface area contributed by atoms with Crippen LogP contribution in [0.4, 0.5) is 5.69 Å². The number of methoxy groups -OCH3 is 1. The first kappa shape index (κ1) is 42.2. The first-order valence-corrected chi connectivity index (χ1v) is 21.1. The highest BCUT2D eigenvalue weighted by molar-refractivity contribution is 8.00. The zero-order valence-corrected chi connectivity index (χ0v) is 34.2. The van der Waals surface area contributed by atoms with Crippen LogP contribution < -0.4 is 14.8 Å². The number of aldehydes is 2. The Morgan fingerprint density at radius 2 is 1.70 bits per heavy atom. The van der Waals surface area contributed by atoms with Gasteiger partial charge in [-0.25, -0.2) is 9.78 Å². The lowest BCUT2D eigenvalue weighted by Crippen LogP contribution is -2.10. The van der Waals surface area contributed by atoms with Crippen molar-refractivity contribution < 1.29 is 28.6 Å². The molecule has 0 amide bonds. The maximum atomic E-state index is 10.8. The number of fused-ring (bicyclic) bond motifs is 2. The lowest BCUT2D eigenvalue weighted by molar-refractivity contribution is -0.137. The molecule has 1 aliphatic heterocycles. The van der Waals surface area contributed by atoms with Crippen LogP contribution in [0, 0.1) is 12.8 Å². The first-order chi connectivity index (χ1) is 27.3. The Morgan fingerprint density at radius 1 is 0.946 bits per heavy atom. The van der Waals surface area contributed by atoms with Crippen molar-refractivity contribution in [1.29, 1.82) is 0 Å². The number of ether oxygens (including phenoxy) is 3. The highest BCUT2D eigenvalue weighted by atomic mass is 32.2. The summed E-state index contributed by atoms with van der Waals surface area (Å²) in [5.41, 5.74) is 7.87. The summed E-state index contributed by atoms with van der Waals surface area (Å²) in [7, 11) is 1.73. The molecule has 7 rings (SSSR count). The summed E-state index contributed by atoms with van der Waals surface area (Å²) in [5.74, 6) is 1.73. The molecule has 2 heterocycles. The highest BCUT2D eigenvalue weighted by Crippen LogP contribution is 2.49. The lowest BCUT2D eigenvalue weighted by atomic mass is 9.87. The van der Waals surface area contributed by atoms with Crippen LogP contribution in [-0.2, 0) is 20.7 Å². The van der Waals surface area contributed by atoms with Crippen molar-refractivity contribution in [3.63, 3.8) is 0 Å². The van der Waals surface area contributed by atoms with Gasteiger partial charge in [-0.15, -0.1) is 11.3 Å². The number of thioether (sulfide) groups is 1. The summed E-state index contributed by atoms with van der Waals surface area (Å²) in [4.78, 5) is 37.4. The minimum Gasteiger partial charge on any atom is -0.495 e. The van der Waals surface area contributed by atoms with E-state index in [1.807, 2.05) is 11.8 Å². The van der Waals surface area contributed by atoms with Gasteiger partial charge in [0.15, 0.2) is 0 Å². The van der Waals surface area contributed by atoms with Gasteiger partial charge in [0.1, 0.15) is 34.5 Å². The summed E-state index contributed by atoms with van der Waals surface area (Å²) >= 11 is 3.56. The monoisotopic (exact) mass is 792 g/mol. The number of rotatable bonds is 16. The van der Waals surface area contributed by atoms with Crippen LogP contribution in [0.3, 0.4) is 0 Å². The molecule has 1 aliphatic carbocycles. The standard InChI is InChI=1S/C25H24N2OS2.C16H20O4.C5H8O/c1-4-5-16-7-9-17(10-8-16)18-11-13-20(28-3)23-22(18)27-25(30-23)24-26-19-12-6-15(2)14-21(19)29-24;1-2-16(18)20-12-6-4-3-5-11-19-15-9-7-14(13-17)8-10-15;6-4-5-2-1-3-5/h6-14,24,26H,4-5H2,1-3H3;2,7-10,13H,1,3-6,11-12H2;4-5H,1-3H2. The van der Waals surface area contributed by atoms with E-state index in [2.05, 4.69) is 80.3 Å². The van der Waals surface area contributed by atoms with E-state index in [-0.39, 0.29) is 11.3 Å². The number of thiazole rings is 1. The van der Waals surface area contributed by atoms with E-state index in [1.54, 1.807) is 42.7 Å². The number of nitrogens with one attached hydrogen (secondary N) is 1. The lowest BCUT2D eigenvalue weighted by Gasteiger charge is -2.17. The number of anilines is 1. The molecular weight excluding hydrogens is 741 g/mol. The van der Waals surface area contributed by atoms with Gasteiger partial charge >= 0.3 is 5.97 Å². The van der Waals surface area contributed by atoms with Gasteiger partial charge in [0.05, 0.1) is 30.5 Å². The highest BCUT2D eigenvalue weighted by Gasteiger charge is 2.27. The molecule has 0 spiro atoms. The number of nitrogens with zero attached hydrogens (tertiary/aromatic N) is 1. The molecule has 1 saturated carbocycles. The number of carbonyl (C=O) groups is 3. The van der Waals surface area contributed by atoms with Crippen LogP contribution in [0.1, 0.15) is 90.2 Å². The number of hydrogen-bond acceptors (Lipinski definition) is 10. The van der Waals surface area contributed by atoms with E-state index in [1.165, 1.54) is 39.8 Å². The zero-order valence-electron chi connectivity index (χ0n) is 32.6. The van der Waals surface area contributed by atoms with Crippen molar-refractivity contribution in [1.82, 2.24) is 4.98 Å². The van der Waals surface area contributed by atoms with Gasteiger partial charge in [0.2, 0.25) is 0 Å². The van der Waals surface area contributed by atoms with E-state index in [0.29, 0.717) is 24.7 Å². The second-order valence-electron chi connectivity index (χ2n) is 13.8. The maximum Gasteiger partial charge on any atom is 0.330 e. The predicted molar refractivity (Wildman–Crippen MR) is 229 cm³/mol. The largest absolute Gasteiger partial charge is 0.495 e. The molecule has 1 atom stereocenters. The van der Waals surface area contributed by atoms with E-state index in [0.717, 1.165) is 96.2 Å². The van der Waals surface area contributed by atoms with Crippen molar-refractivity contribution in [2.45, 2.75) is 81.9 Å². The molecular formula is C46H52N2O6S2. The molecule has 0 bridgehead atoms. The number of esters is 1. The SMILES string of the molecule is C=CC(=O)OCCCCCCOc1ccc(C=O)cc1.CCCc1ccc(-c2ccc(OC)c3sc(C4Nc5ccc(C)cc5S4)nc23)cc1.O=CC1CCC1. The van der Waals surface area contributed by atoms with Gasteiger partial charge in [-0.3, -0.25) is 4.79 Å². The smallest absolute Gasteiger partial charge is 0.330 e. The van der Waals surface area contributed by atoms with Crippen LogP contribution in [0.2, 0.25) is 0 Å². The summed E-state index contributed by atoms with van der Waals surface area (Å²) in [6.07, 6.45) is 12.7. The quantitative estimate of drug-likeness (QED) is 0.0452. The molecule has 1 aromatic heterocycles. The molecule has 0 radical (unpaired) electrons. The van der Waals surface area contributed by atoms with E-state index in [4.69, 9.17) is 19.2 Å². The zero-order chi connectivity index (χ0) is 39.7. The number of unbranched alkanes of at least 4 members (excludes halogenated alkanes) is 3. The molecule has 1 N–H and O–H groups in total. The second-order valence-corrected chi connectivity index (χ2v) is 16.0. The van der Waals surface area contributed by atoms with Crippen LogP contribution in [0.15, 0.2) is 96.4 Å². The molecule has 56 heavy (non-hydrogen) atoms. The number of carbonyl (C=O) groups excluding carboxylic acids is 3. The van der Waals surface area contributed by atoms with Crippen LogP contribution in [0.5, 0.6) is 11.5 Å². The average molecular weight is 793 g/mol. The Kier molecular flexibility index (Phi) is 16.6. The number of hydrogen-bond donors (Lipinski definition) is 1. The average Bonchev–Trinajstić information content (AvgIpc) is 3.84. The molecule has 8 nitrogen and oxygen atoms in total. The van der Waals surface area contributed by atoms with Crippen molar-refractivity contribution >= 4 is 57.5 Å². The molecule has 4 aromatic carbocycles. The third-order valence-corrected chi connectivity index (χ3v) is 12.0. The van der Waals surface area contributed by atoms with Crippen LogP contribution in [-0.4, -0.2) is 43.8 Å². The van der Waals surface area contributed by atoms with Gasteiger partial charge in [0.25, 0.3) is 0 Å². The van der Waals surface area contributed by atoms with Crippen LogP contribution >= 0.6 is 23.1 Å². The number of aryl methyl sites for hydroxylation is 2. The Morgan fingerprint density at radius 3 is 2.32 bits per heavy atom. The Bertz CT molecular complexity index is 2040. The minimum absolute atomic E-state index is 0.128. The molecule has 0 saturated heterocycles. The van der Waals surface area contributed by atoms with Crippen molar-refractivity contribution in [2.24, 2.45) is 5.92 Å². The Labute approximate surface area is 339 Å². The number of benzene rings is 4. The van der Waals surface area contributed by atoms with Gasteiger partial charge in [-0.05, 0) is 117 Å². The van der Waals surface area contributed by atoms with Gasteiger partial charge in [-0.1, -0.05) is 68.4 Å². The van der Waals surface area contributed by atoms with Crippen molar-refractivity contribution in [3.8, 4) is 22.6 Å². The van der Waals surface area contributed by atoms with Gasteiger partial charge < -0.3 is 24.3 Å². The third kappa shape index (κ3) is 12.0. The van der Waals surface area contributed by atoms with E-state index < -0.39 is 0 Å². The summed E-state index contributed by atoms with van der Waals surface area (Å²) in [6, 6.07) is 26.7. The third-order valence-electron chi connectivity index (χ3n) is 9.52. The summed E-state index contributed by atoms with van der Waals surface area (Å²) in [5, 5.41) is 4.84. The topological polar surface area (TPSA) is 104 Å². The Balaban J connectivity index is 0.000000198. The van der Waals surface area contributed by atoms with Crippen molar-refractivity contribution in [2.75, 3.05) is 25.6 Å². The molecule has 10 heteroatoms. The minimum atomic E-state index is -0.368. The van der Waals surface area contributed by atoms with E-state index in [9.17, 15) is 14.4 Å².